The van der Waals surface area contributed by atoms with E-state index in [2.05, 4.69) is 121 Å². The number of aliphatic hydroxyl groups excluding tert-OH is 2. The van der Waals surface area contributed by atoms with Crippen LogP contribution in [0.1, 0.15) is 11.1 Å². The molecule has 8 aromatic rings. The molecule has 0 spiro atoms. The Hall–Kier alpha value is -4.80. The van der Waals surface area contributed by atoms with E-state index < -0.39 is 0 Å². The first-order valence-corrected chi connectivity index (χ1v) is 20.7. The first kappa shape index (κ1) is 33.7. The van der Waals surface area contributed by atoms with Gasteiger partial charge < -0.3 is 19.7 Å². The molecule has 0 saturated carbocycles. The fourth-order valence-electron chi connectivity index (χ4n) is 6.98. The van der Waals surface area contributed by atoms with E-state index in [0.29, 0.717) is 0 Å². The largest absolute Gasteiger partial charge is 0.457 e. The molecule has 8 aromatic carbocycles. The van der Waals surface area contributed by atoms with Crippen LogP contribution in [-0.4, -0.2) is 10.2 Å². The molecule has 4 nitrogen and oxygen atoms in total. The zero-order valence-corrected chi connectivity index (χ0v) is 31.9. The summed E-state index contributed by atoms with van der Waals surface area (Å²) < 4.78 is 13.8. The maximum Gasteiger partial charge on any atom is 0.136 e. The first-order chi connectivity index (χ1) is 26.6. The summed E-state index contributed by atoms with van der Waals surface area (Å²) in [7, 11) is 0. The number of ether oxygens (including phenoxy) is 2. The van der Waals surface area contributed by atoms with Gasteiger partial charge in [0, 0.05) is 50.3 Å². The van der Waals surface area contributed by atoms with Gasteiger partial charge in [0.25, 0.3) is 0 Å². The lowest BCUT2D eigenvalue weighted by Crippen LogP contribution is -1.97. The Balaban J connectivity index is 1.06. The Kier molecular flexibility index (Phi) is 8.83. The molecular weight excluding hydrogens is 745 g/mol. The van der Waals surface area contributed by atoms with Gasteiger partial charge in [-0.05, 0) is 105 Å². The van der Waals surface area contributed by atoms with Gasteiger partial charge in [0.15, 0.2) is 0 Å². The lowest BCUT2D eigenvalue weighted by molar-refractivity contribution is 0.281. The van der Waals surface area contributed by atoms with E-state index in [0.717, 1.165) is 86.4 Å². The summed E-state index contributed by atoms with van der Waals surface area (Å²) in [6.45, 7) is 0.0628. The highest BCUT2D eigenvalue weighted by molar-refractivity contribution is 8.05. The van der Waals surface area contributed by atoms with Crippen molar-refractivity contribution in [1.29, 1.82) is 0 Å². The molecule has 0 aliphatic carbocycles. The third-order valence-corrected chi connectivity index (χ3v) is 14.6. The van der Waals surface area contributed by atoms with Crippen molar-refractivity contribution < 1.29 is 19.7 Å². The molecule has 0 atom stereocenters. The molecule has 2 heterocycles. The molecule has 0 amide bonds. The Bertz CT molecular complexity index is 2590. The second-order valence-corrected chi connectivity index (χ2v) is 17.4. The van der Waals surface area contributed by atoms with Gasteiger partial charge in [-0.25, -0.2) is 0 Å². The summed E-state index contributed by atoms with van der Waals surface area (Å²) >= 11 is 6.90. The average molecular weight is 775 g/mol. The van der Waals surface area contributed by atoms with E-state index >= 15 is 0 Å². The Labute approximate surface area is 329 Å². The monoisotopic (exact) mass is 774 g/mol. The second kappa shape index (κ2) is 14.1. The second-order valence-electron chi connectivity index (χ2n) is 13.0. The minimum atomic E-state index is 0.0314. The lowest BCUT2D eigenvalue weighted by atomic mass is 9.92. The molecule has 0 saturated heterocycles. The van der Waals surface area contributed by atoms with Crippen LogP contribution >= 0.6 is 47.0 Å². The van der Waals surface area contributed by atoms with Crippen LogP contribution in [0.15, 0.2) is 185 Å². The molecule has 0 unspecified atom stereocenters. The van der Waals surface area contributed by atoms with Crippen LogP contribution < -0.4 is 9.47 Å². The van der Waals surface area contributed by atoms with Crippen molar-refractivity contribution in [2.75, 3.05) is 0 Å². The molecule has 2 N–H and O–H groups in total. The van der Waals surface area contributed by atoms with E-state index in [1.54, 1.807) is 47.0 Å². The van der Waals surface area contributed by atoms with E-state index in [1.165, 1.54) is 19.6 Å². The smallest absolute Gasteiger partial charge is 0.136 e. The summed E-state index contributed by atoms with van der Waals surface area (Å²) in [5.74, 6) is 3.00. The number of benzene rings is 8. The predicted octanol–water partition coefficient (Wildman–Crippen LogP) is 13.5. The normalized spacial score (nSPS) is 12.9. The van der Waals surface area contributed by atoms with Crippen LogP contribution in [0.4, 0.5) is 0 Å². The van der Waals surface area contributed by atoms with Gasteiger partial charge in [-0.3, -0.25) is 0 Å². The fraction of sp³-hybridized carbons (Fsp3) is 0.0435. The summed E-state index contributed by atoms with van der Waals surface area (Å²) in [5, 5.41) is 23.7. The van der Waals surface area contributed by atoms with E-state index in [9.17, 15) is 10.2 Å². The molecule has 0 bridgehead atoms. The van der Waals surface area contributed by atoms with Gasteiger partial charge in [-0.15, -0.1) is 0 Å². The highest BCUT2D eigenvalue weighted by Gasteiger charge is 2.23. The fourth-order valence-corrected chi connectivity index (χ4v) is 11.6. The number of hydrogen-bond donors (Lipinski definition) is 2. The maximum absolute atomic E-state index is 9.67. The zero-order valence-electron chi connectivity index (χ0n) is 28.6. The molecule has 8 heteroatoms. The minimum absolute atomic E-state index is 0.0314. The molecule has 54 heavy (non-hydrogen) atoms. The van der Waals surface area contributed by atoms with Crippen molar-refractivity contribution in [3.8, 4) is 34.1 Å². The molecule has 0 radical (unpaired) electrons. The van der Waals surface area contributed by atoms with Gasteiger partial charge in [-0.1, -0.05) is 120 Å². The van der Waals surface area contributed by atoms with Crippen LogP contribution in [0.25, 0.3) is 32.7 Å². The standard InChI is InChI=1S/C46H30O4S4/c47-25-27-9-17-37-41(21-27)51-39-19-13-31(23-43(39)53-37)49-35-15-11-29-5-1-3-7-33(29)45(35)46-34-8-4-2-6-30(34)12-16-36(46)50-32-14-20-40-44(24-32)54-38-18-10-28(26-48)22-42(38)52-40/h1-24,47-48H,25-26H2. The van der Waals surface area contributed by atoms with Gasteiger partial charge in [0.1, 0.15) is 23.0 Å². The molecule has 2 aliphatic heterocycles. The minimum Gasteiger partial charge on any atom is -0.457 e. The van der Waals surface area contributed by atoms with Gasteiger partial charge in [0.05, 0.1) is 13.2 Å². The van der Waals surface area contributed by atoms with Gasteiger partial charge in [-0.2, -0.15) is 0 Å². The van der Waals surface area contributed by atoms with Crippen molar-refractivity contribution in [1.82, 2.24) is 0 Å². The number of aliphatic hydroxyl groups is 2. The highest BCUT2D eigenvalue weighted by Crippen LogP contribution is 2.53. The maximum atomic E-state index is 9.67. The van der Waals surface area contributed by atoms with E-state index in [4.69, 9.17) is 9.47 Å². The van der Waals surface area contributed by atoms with Crippen LogP contribution in [0, 0.1) is 0 Å². The molecule has 0 aromatic heterocycles. The van der Waals surface area contributed by atoms with Crippen molar-refractivity contribution in [3.05, 3.63) is 157 Å². The predicted molar refractivity (Wildman–Crippen MR) is 221 cm³/mol. The Morgan fingerprint density at radius 2 is 0.759 bits per heavy atom. The van der Waals surface area contributed by atoms with Gasteiger partial charge >= 0.3 is 0 Å². The molecular formula is C46H30O4S4. The number of rotatable bonds is 7. The molecule has 2 aliphatic rings. The molecule has 10 rings (SSSR count). The van der Waals surface area contributed by atoms with Gasteiger partial charge in [0.2, 0.25) is 0 Å². The number of fused-ring (bicyclic) bond motifs is 6. The summed E-state index contributed by atoms with van der Waals surface area (Å²) in [4.78, 5) is 9.26. The van der Waals surface area contributed by atoms with E-state index in [1.807, 2.05) is 24.3 Å². The quantitative estimate of drug-likeness (QED) is 0.166. The van der Waals surface area contributed by atoms with Crippen molar-refractivity contribution in [2.45, 2.75) is 52.4 Å². The first-order valence-electron chi connectivity index (χ1n) is 17.5. The third-order valence-electron chi connectivity index (χ3n) is 9.58. The Morgan fingerprint density at radius 3 is 1.19 bits per heavy atom. The third kappa shape index (κ3) is 6.23. The van der Waals surface area contributed by atoms with E-state index in [-0.39, 0.29) is 13.2 Å². The van der Waals surface area contributed by atoms with Crippen LogP contribution in [0.5, 0.6) is 23.0 Å². The molecule has 262 valence electrons. The molecule has 0 fully saturated rings. The topological polar surface area (TPSA) is 58.9 Å². The highest BCUT2D eigenvalue weighted by atomic mass is 32.2. The summed E-state index contributed by atoms with van der Waals surface area (Å²) in [5.41, 5.74) is 3.77. The summed E-state index contributed by atoms with van der Waals surface area (Å²) in [6, 6.07) is 50.1. The lowest BCUT2D eigenvalue weighted by Gasteiger charge is -2.22. The SMILES string of the molecule is OCc1ccc2c(c1)Sc1ccc(Oc3ccc4ccccc4c3-c3c(Oc4ccc5c(c4)Sc4ccc(CO)cc4S5)ccc4ccccc34)cc1S2. The number of hydrogen-bond acceptors (Lipinski definition) is 8. The van der Waals surface area contributed by atoms with Crippen molar-refractivity contribution in [2.24, 2.45) is 0 Å². The Morgan fingerprint density at radius 1 is 0.370 bits per heavy atom. The summed E-state index contributed by atoms with van der Waals surface area (Å²) in [6.07, 6.45) is 0. The van der Waals surface area contributed by atoms with Crippen molar-refractivity contribution >= 4 is 68.6 Å². The average Bonchev–Trinajstić information content (AvgIpc) is 3.22. The van der Waals surface area contributed by atoms with Crippen molar-refractivity contribution in [3.63, 3.8) is 0 Å². The zero-order chi connectivity index (χ0) is 36.2. The van der Waals surface area contributed by atoms with Crippen LogP contribution in [0.2, 0.25) is 0 Å². The van der Waals surface area contributed by atoms with Crippen LogP contribution in [-0.2, 0) is 13.2 Å². The van der Waals surface area contributed by atoms with Crippen LogP contribution in [0.3, 0.4) is 0 Å².